The normalized spacial score (nSPS) is 18.6. The van der Waals surface area contributed by atoms with Gasteiger partial charge in [-0.2, -0.15) is 0 Å². The lowest BCUT2D eigenvalue weighted by Gasteiger charge is -2.32. The van der Waals surface area contributed by atoms with Gasteiger partial charge in [-0.1, -0.05) is 11.6 Å². The van der Waals surface area contributed by atoms with E-state index in [4.69, 9.17) is 16.3 Å². The Labute approximate surface area is 127 Å². The van der Waals surface area contributed by atoms with Crippen LogP contribution in [0, 0.1) is 16.0 Å². The Balaban J connectivity index is 2.16. The molecule has 6 nitrogen and oxygen atoms in total. The maximum Gasteiger partial charge on any atom is 0.288 e. The summed E-state index contributed by atoms with van der Waals surface area (Å²) in [7, 11) is 1.64. The number of hydrogen-bond acceptors (Lipinski definition) is 4. The first kappa shape index (κ1) is 15.7. The number of benzene rings is 1. The largest absolute Gasteiger partial charge is 0.384 e. The van der Waals surface area contributed by atoms with Crippen LogP contribution in [0.4, 0.5) is 5.69 Å². The van der Waals surface area contributed by atoms with E-state index in [0.717, 1.165) is 12.8 Å². The number of carbonyl (C=O) groups excluding carboxylic acids is 1. The van der Waals surface area contributed by atoms with E-state index in [0.29, 0.717) is 31.2 Å². The quantitative estimate of drug-likeness (QED) is 0.633. The molecule has 1 saturated heterocycles. The molecule has 1 heterocycles. The standard InChI is InChI=1S/C14H17ClN2O4/c1-21-9-10-3-2-6-16(8-10)14(18)11-4-5-12(15)13(7-11)17(19)20/h4-5,7,10H,2-3,6,8-9H2,1H3. The fourth-order valence-electron chi connectivity index (χ4n) is 2.59. The van der Waals surface area contributed by atoms with Gasteiger partial charge in [0.25, 0.3) is 11.6 Å². The fraction of sp³-hybridized carbons (Fsp3) is 0.500. The van der Waals surface area contributed by atoms with Crippen LogP contribution in [0.5, 0.6) is 0 Å². The second-order valence-electron chi connectivity index (χ2n) is 5.14. The smallest absolute Gasteiger partial charge is 0.288 e. The number of nitrogens with zero attached hydrogens (tertiary/aromatic N) is 2. The Morgan fingerprint density at radius 1 is 1.57 bits per heavy atom. The number of piperidine rings is 1. The number of nitro benzene ring substituents is 1. The molecule has 1 unspecified atom stereocenters. The Morgan fingerprint density at radius 2 is 2.33 bits per heavy atom. The van der Waals surface area contributed by atoms with Crippen molar-refractivity contribution in [3.63, 3.8) is 0 Å². The van der Waals surface area contributed by atoms with Gasteiger partial charge in [0, 0.05) is 31.8 Å². The van der Waals surface area contributed by atoms with Crippen LogP contribution in [0.1, 0.15) is 23.2 Å². The third-order valence-electron chi connectivity index (χ3n) is 3.60. The second-order valence-corrected chi connectivity index (χ2v) is 5.55. The molecule has 1 atom stereocenters. The number of hydrogen-bond donors (Lipinski definition) is 0. The predicted octanol–water partition coefficient (Wildman–Crippen LogP) is 2.75. The number of amides is 1. The molecular formula is C14H17ClN2O4. The van der Waals surface area contributed by atoms with Gasteiger partial charge in [-0.05, 0) is 30.9 Å². The van der Waals surface area contributed by atoms with Crippen LogP contribution < -0.4 is 0 Å². The van der Waals surface area contributed by atoms with Crippen molar-refractivity contribution in [3.8, 4) is 0 Å². The van der Waals surface area contributed by atoms with E-state index in [9.17, 15) is 14.9 Å². The zero-order valence-corrected chi connectivity index (χ0v) is 12.5. The molecule has 1 aliphatic heterocycles. The van der Waals surface area contributed by atoms with Crippen molar-refractivity contribution in [1.82, 2.24) is 4.90 Å². The van der Waals surface area contributed by atoms with E-state index in [2.05, 4.69) is 0 Å². The van der Waals surface area contributed by atoms with Gasteiger partial charge in [-0.15, -0.1) is 0 Å². The summed E-state index contributed by atoms with van der Waals surface area (Å²) in [6, 6.07) is 4.16. The summed E-state index contributed by atoms with van der Waals surface area (Å²) in [6.45, 7) is 1.89. The molecule has 1 aliphatic rings. The molecule has 0 saturated carbocycles. The molecule has 2 rings (SSSR count). The molecule has 0 N–H and O–H groups in total. The summed E-state index contributed by atoms with van der Waals surface area (Å²) in [4.78, 5) is 24.5. The topological polar surface area (TPSA) is 72.7 Å². The van der Waals surface area contributed by atoms with Crippen molar-refractivity contribution >= 4 is 23.2 Å². The Morgan fingerprint density at radius 3 is 3.00 bits per heavy atom. The number of rotatable bonds is 4. The summed E-state index contributed by atoms with van der Waals surface area (Å²) in [5.41, 5.74) is 0.0529. The van der Waals surface area contributed by atoms with E-state index in [-0.39, 0.29) is 16.6 Å². The minimum atomic E-state index is -0.580. The van der Waals surface area contributed by atoms with Gasteiger partial charge in [-0.3, -0.25) is 14.9 Å². The first-order valence-corrected chi connectivity index (χ1v) is 7.13. The Bertz CT molecular complexity index is 548. The van der Waals surface area contributed by atoms with Crippen LogP contribution in [0.25, 0.3) is 0 Å². The van der Waals surface area contributed by atoms with E-state index in [1.54, 1.807) is 12.0 Å². The van der Waals surface area contributed by atoms with Gasteiger partial charge in [0.05, 0.1) is 11.5 Å². The number of halogens is 1. The highest BCUT2D eigenvalue weighted by atomic mass is 35.5. The predicted molar refractivity (Wildman–Crippen MR) is 78.6 cm³/mol. The number of carbonyl (C=O) groups is 1. The van der Waals surface area contributed by atoms with Crippen molar-refractivity contribution < 1.29 is 14.5 Å². The van der Waals surface area contributed by atoms with Crippen molar-refractivity contribution in [2.45, 2.75) is 12.8 Å². The highest BCUT2D eigenvalue weighted by molar-refractivity contribution is 6.32. The van der Waals surface area contributed by atoms with Crippen LogP contribution >= 0.6 is 11.6 Å². The van der Waals surface area contributed by atoms with Gasteiger partial charge in [0.1, 0.15) is 5.02 Å². The maximum atomic E-state index is 12.5. The highest BCUT2D eigenvalue weighted by Crippen LogP contribution is 2.26. The molecule has 1 aromatic rings. The lowest BCUT2D eigenvalue weighted by molar-refractivity contribution is -0.384. The average Bonchev–Trinajstić information content (AvgIpc) is 2.47. The van der Waals surface area contributed by atoms with Gasteiger partial charge in [-0.25, -0.2) is 0 Å². The molecule has 0 radical (unpaired) electrons. The van der Waals surface area contributed by atoms with Crippen LogP contribution in [0.3, 0.4) is 0 Å². The van der Waals surface area contributed by atoms with Crippen molar-refractivity contribution in [3.05, 3.63) is 38.9 Å². The third kappa shape index (κ3) is 3.71. The van der Waals surface area contributed by atoms with Crippen LogP contribution in [0.15, 0.2) is 18.2 Å². The van der Waals surface area contributed by atoms with Gasteiger partial charge >= 0.3 is 0 Å². The minimum Gasteiger partial charge on any atom is -0.384 e. The molecule has 1 aromatic carbocycles. The molecule has 0 aliphatic carbocycles. The SMILES string of the molecule is COCC1CCCN(C(=O)c2ccc(Cl)c([N+](=O)[O-])c2)C1. The van der Waals surface area contributed by atoms with Crippen LogP contribution in [-0.4, -0.2) is 42.5 Å². The number of ether oxygens (including phenoxy) is 1. The van der Waals surface area contributed by atoms with Crippen molar-refractivity contribution in [2.75, 3.05) is 26.8 Å². The first-order chi connectivity index (χ1) is 10.0. The Kier molecular flexibility index (Phi) is 5.14. The lowest BCUT2D eigenvalue weighted by atomic mass is 9.98. The number of likely N-dealkylation sites (tertiary alicyclic amines) is 1. The second kappa shape index (κ2) is 6.87. The van der Waals surface area contributed by atoms with Crippen LogP contribution in [-0.2, 0) is 4.74 Å². The molecule has 0 spiro atoms. The van der Waals surface area contributed by atoms with E-state index in [1.807, 2.05) is 0 Å². The van der Waals surface area contributed by atoms with E-state index in [1.165, 1.54) is 18.2 Å². The molecule has 21 heavy (non-hydrogen) atoms. The Hall–Kier alpha value is -1.66. The molecule has 114 valence electrons. The molecule has 1 fully saturated rings. The minimum absolute atomic E-state index is 0.0347. The van der Waals surface area contributed by atoms with Gasteiger partial charge < -0.3 is 9.64 Å². The molecule has 1 amide bonds. The van der Waals surface area contributed by atoms with Crippen molar-refractivity contribution in [2.24, 2.45) is 5.92 Å². The van der Waals surface area contributed by atoms with E-state index >= 15 is 0 Å². The molecule has 0 bridgehead atoms. The number of methoxy groups -OCH3 is 1. The summed E-state index contributed by atoms with van der Waals surface area (Å²) < 4.78 is 5.14. The molecular weight excluding hydrogens is 296 g/mol. The van der Waals surface area contributed by atoms with E-state index < -0.39 is 4.92 Å². The molecule has 0 aromatic heterocycles. The fourth-order valence-corrected chi connectivity index (χ4v) is 2.78. The monoisotopic (exact) mass is 312 g/mol. The zero-order valence-electron chi connectivity index (χ0n) is 11.8. The first-order valence-electron chi connectivity index (χ1n) is 6.75. The maximum absolute atomic E-state index is 12.5. The zero-order chi connectivity index (χ0) is 15.4. The van der Waals surface area contributed by atoms with Crippen LogP contribution in [0.2, 0.25) is 5.02 Å². The lowest BCUT2D eigenvalue weighted by Crippen LogP contribution is -2.41. The third-order valence-corrected chi connectivity index (χ3v) is 3.92. The summed E-state index contributed by atoms with van der Waals surface area (Å²) in [5, 5.41) is 10.9. The summed E-state index contributed by atoms with van der Waals surface area (Å²) in [5.74, 6) is 0.116. The number of nitro groups is 1. The van der Waals surface area contributed by atoms with Gasteiger partial charge in [0.15, 0.2) is 0 Å². The summed E-state index contributed by atoms with van der Waals surface area (Å²) >= 11 is 5.76. The van der Waals surface area contributed by atoms with Gasteiger partial charge in [0.2, 0.25) is 0 Å². The summed E-state index contributed by atoms with van der Waals surface area (Å²) in [6.07, 6.45) is 1.94. The van der Waals surface area contributed by atoms with Crippen molar-refractivity contribution in [1.29, 1.82) is 0 Å². The highest BCUT2D eigenvalue weighted by Gasteiger charge is 2.26. The average molecular weight is 313 g/mol. The molecule has 7 heteroatoms.